The zero-order valence-corrected chi connectivity index (χ0v) is 34.1. The van der Waals surface area contributed by atoms with E-state index in [9.17, 15) is 0 Å². The van der Waals surface area contributed by atoms with Crippen molar-refractivity contribution in [3.8, 4) is 55.6 Å². The molecule has 0 heteroatoms. The molecule has 11 aromatic carbocycles. The maximum atomic E-state index is 2.43. The first-order valence-electron chi connectivity index (χ1n) is 21.2. The van der Waals surface area contributed by atoms with E-state index in [1.165, 1.54) is 126 Å². The summed E-state index contributed by atoms with van der Waals surface area (Å²) in [6.07, 6.45) is 0. The smallest absolute Gasteiger partial charge is 0.0165 e. The van der Waals surface area contributed by atoms with E-state index in [1.54, 1.807) is 0 Å². The van der Waals surface area contributed by atoms with E-state index >= 15 is 0 Å². The van der Waals surface area contributed by atoms with Crippen molar-refractivity contribution in [3.05, 3.63) is 217 Å². The van der Waals surface area contributed by atoms with Crippen LogP contribution in [-0.4, -0.2) is 0 Å². The third kappa shape index (κ3) is 5.17. The van der Waals surface area contributed by atoms with Crippen LogP contribution in [0.15, 0.2) is 200 Å². The van der Waals surface area contributed by atoms with E-state index in [-0.39, 0.29) is 5.41 Å². The highest BCUT2D eigenvalue weighted by molar-refractivity contribution is 6.22. The van der Waals surface area contributed by atoms with E-state index in [2.05, 4.69) is 221 Å². The highest BCUT2D eigenvalue weighted by Crippen LogP contribution is 2.52. The standard InChI is InChI=1S/C60H42/c1-37-23-24-41(42-30-32-56-55(35-42)52-31-29-39-14-5-7-18-47(39)59(52)60(56,2)3)34-53(37)43-15-12-16-44(33-43)57-48-19-8-10-21-50(48)58(51-22-11-9-20-49(51)57)45-28-27-40-26-25-38-13-4-6-17-46(38)54(40)36-45/h4-36H,1-3H3. The van der Waals surface area contributed by atoms with Gasteiger partial charge in [0.1, 0.15) is 0 Å². The number of rotatable bonds is 4. The second-order valence-electron chi connectivity index (χ2n) is 17.3. The van der Waals surface area contributed by atoms with Gasteiger partial charge >= 0.3 is 0 Å². The van der Waals surface area contributed by atoms with E-state index in [0.29, 0.717) is 0 Å². The van der Waals surface area contributed by atoms with Crippen LogP contribution in [-0.2, 0) is 5.41 Å². The molecule has 0 saturated heterocycles. The lowest BCUT2D eigenvalue weighted by Crippen LogP contribution is -2.15. The highest BCUT2D eigenvalue weighted by Gasteiger charge is 2.37. The molecule has 282 valence electrons. The molecule has 0 radical (unpaired) electrons. The summed E-state index contributed by atoms with van der Waals surface area (Å²) in [5.41, 5.74) is 16.7. The molecular formula is C60H42. The van der Waals surface area contributed by atoms with Crippen LogP contribution in [0.3, 0.4) is 0 Å². The summed E-state index contributed by atoms with van der Waals surface area (Å²) < 4.78 is 0. The van der Waals surface area contributed by atoms with Gasteiger partial charge in [0.2, 0.25) is 0 Å². The van der Waals surface area contributed by atoms with E-state index < -0.39 is 0 Å². The van der Waals surface area contributed by atoms with Crippen molar-refractivity contribution in [2.75, 3.05) is 0 Å². The average Bonchev–Trinajstić information content (AvgIpc) is 3.53. The Balaban J connectivity index is 0.995. The number of hydrogen-bond acceptors (Lipinski definition) is 0. The highest BCUT2D eigenvalue weighted by atomic mass is 14.4. The summed E-state index contributed by atoms with van der Waals surface area (Å²) in [4.78, 5) is 0. The molecule has 0 saturated carbocycles. The fourth-order valence-electron chi connectivity index (χ4n) is 10.7. The van der Waals surface area contributed by atoms with Gasteiger partial charge in [-0.15, -0.1) is 0 Å². The molecule has 12 rings (SSSR count). The molecule has 0 aliphatic heterocycles. The average molecular weight is 763 g/mol. The predicted molar refractivity (Wildman–Crippen MR) is 258 cm³/mol. The fourth-order valence-corrected chi connectivity index (χ4v) is 10.7. The Morgan fingerprint density at radius 1 is 0.300 bits per heavy atom. The van der Waals surface area contributed by atoms with Gasteiger partial charge in [-0.1, -0.05) is 190 Å². The molecule has 0 amide bonds. The maximum Gasteiger partial charge on any atom is 0.0165 e. The number of fused-ring (bicyclic) bond motifs is 10. The molecule has 60 heavy (non-hydrogen) atoms. The molecule has 1 aliphatic rings. The van der Waals surface area contributed by atoms with Crippen LogP contribution in [0, 0.1) is 6.92 Å². The first-order valence-corrected chi connectivity index (χ1v) is 21.2. The molecule has 11 aromatic rings. The van der Waals surface area contributed by atoms with Crippen LogP contribution in [0.4, 0.5) is 0 Å². The quantitative estimate of drug-likeness (QED) is 0.124. The summed E-state index contributed by atoms with van der Waals surface area (Å²) in [6, 6.07) is 75.0. The summed E-state index contributed by atoms with van der Waals surface area (Å²) in [5.74, 6) is 0. The summed E-state index contributed by atoms with van der Waals surface area (Å²) in [5, 5.41) is 12.8. The molecular weight excluding hydrogens is 721 g/mol. The van der Waals surface area contributed by atoms with E-state index in [1.807, 2.05) is 0 Å². The summed E-state index contributed by atoms with van der Waals surface area (Å²) in [6.45, 7) is 7.00. The van der Waals surface area contributed by atoms with Gasteiger partial charge in [0.05, 0.1) is 0 Å². The second-order valence-corrected chi connectivity index (χ2v) is 17.3. The van der Waals surface area contributed by atoms with Crippen molar-refractivity contribution in [2.24, 2.45) is 0 Å². The summed E-state index contributed by atoms with van der Waals surface area (Å²) >= 11 is 0. The molecule has 0 bridgehead atoms. The van der Waals surface area contributed by atoms with Gasteiger partial charge in [-0.25, -0.2) is 0 Å². The van der Waals surface area contributed by atoms with Crippen molar-refractivity contribution >= 4 is 53.9 Å². The number of aryl methyl sites for hydroxylation is 1. The second kappa shape index (κ2) is 13.1. The zero-order valence-electron chi connectivity index (χ0n) is 34.1. The van der Waals surface area contributed by atoms with Gasteiger partial charge in [-0.3, -0.25) is 0 Å². The van der Waals surface area contributed by atoms with E-state index in [0.717, 1.165) is 0 Å². The topological polar surface area (TPSA) is 0 Å². The zero-order chi connectivity index (χ0) is 40.1. The SMILES string of the molecule is Cc1ccc(-c2ccc3c(c2)-c2ccc4ccccc4c2C3(C)C)cc1-c1cccc(-c2c3ccccc3c(-c3ccc4ccc5ccccc5c4c3)c3ccccc23)c1. The van der Waals surface area contributed by atoms with Crippen LogP contribution in [0.5, 0.6) is 0 Å². The largest absolute Gasteiger partial charge is 0.0616 e. The minimum absolute atomic E-state index is 0.0696. The Morgan fingerprint density at radius 2 is 0.783 bits per heavy atom. The molecule has 0 heterocycles. The van der Waals surface area contributed by atoms with Crippen LogP contribution in [0.1, 0.15) is 30.5 Å². The van der Waals surface area contributed by atoms with Crippen molar-refractivity contribution < 1.29 is 0 Å². The molecule has 0 fully saturated rings. The maximum absolute atomic E-state index is 2.43. The molecule has 0 spiro atoms. The lowest BCUT2D eigenvalue weighted by Gasteiger charge is -2.23. The van der Waals surface area contributed by atoms with Gasteiger partial charge in [-0.05, 0) is 157 Å². The lowest BCUT2D eigenvalue weighted by molar-refractivity contribution is 0.666. The van der Waals surface area contributed by atoms with Crippen LogP contribution in [0.2, 0.25) is 0 Å². The Bertz CT molecular complexity index is 3520. The van der Waals surface area contributed by atoms with Crippen LogP contribution < -0.4 is 0 Å². The van der Waals surface area contributed by atoms with Gasteiger partial charge in [-0.2, -0.15) is 0 Å². The normalized spacial score (nSPS) is 13.1. The molecule has 1 aliphatic carbocycles. The Labute approximate surface area is 351 Å². The van der Waals surface area contributed by atoms with Gasteiger partial charge in [0.15, 0.2) is 0 Å². The third-order valence-corrected chi connectivity index (χ3v) is 13.5. The van der Waals surface area contributed by atoms with E-state index in [4.69, 9.17) is 0 Å². The minimum Gasteiger partial charge on any atom is -0.0616 e. The van der Waals surface area contributed by atoms with Crippen molar-refractivity contribution in [3.63, 3.8) is 0 Å². The third-order valence-electron chi connectivity index (χ3n) is 13.5. The van der Waals surface area contributed by atoms with Crippen molar-refractivity contribution in [1.29, 1.82) is 0 Å². The Kier molecular flexibility index (Phi) is 7.59. The molecule has 0 atom stereocenters. The number of hydrogen-bond donors (Lipinski definition) is 0. The first-order chi connectivity index (χ1) is 29.4. The van der Waals surface area contributed by atoms with Gasteiger partial charge < -0.3 is 0 Å². The molecule has 0 aromatic heterocycles. The van der Waals surface area contributed by atoms with Crippen LogP contribution in [0.25, 0.3) is 109 Å². The minimum atomic E-state index is -0.0696. The first kappa shape index (κ1) is 34.7. The van der Waals surface area contributed by atoms with Crippen molar-refractivity contribution in [2.45, 2.75) is 26.2 Å². The molecule has 0 N–H and O–H groups in total. The molecule has 0 nitrogen and oxygen atoms in total. The van der Waals surface area contributed by atoms with Crippen molar-refractivity contribution in [1.82, 2.24) is 0 Å². The predicted octanol–water partition coefficient (Wildman–Crippen LogP) is 16.7. The Hall–Kier alpha value is -7.28. The lowest BCUT2D eigenvalue weighted by atomic mass is 9.80. The fraction of sp³-hybridized carbons (Fsp3) is 0.0667. The summed E-state index contributed by atoms with van der Waals surface area (Å²) in [7, 11) is 0. The van der Waals surface area contributed by atoms with Gasteiger partial charge in [0, 0.05) is 5.41 Å². The molecule has 0 unspecified atom stereocenters. The monoisotopic (exact) mass is 762 g/mol. The van der Waals surface area contributed by atoms with Crippen LogP contribution >= 0.6 is 0 Å². The van der Waals surface area contributed by atoms with Gasteiger partial charge in [0.25, 0.3) is 0 Å². The number of benzene rings is 11. The Morgan fingerprint density at radius 3 is 1.47 bits per heavy atom.